The average molecular weight is 1290 g/mol. The zero-order valence-electron chi connectivity index (χ0n) is 59.9. The largest absolute Gasteiger partial charge is 0.460 e. The van der Waals surface area contributed by atoms with E-state index in [-0.39, 0.29) is 68.4 Å². The van der Waals surface area contributed by atoms with Crippen LogP contribution in [0.3, 0.4) is 0 Å². The highest BCUT2D eigenvalue weighted by Gasteiger charge is 2.53. The molecule has 12 nitrogen and oxygen atoms in total. The van der Waals surface area contributed by atoms with Crippen LogP contribution in [-0.2, 0) is 57.2 Å². The molecule has 0 radical (unpaired) electrons. The Bertz CT molecular complexity index is 2100. The third-order valence-corrected chi connectivity index (χ3v) is 19.6. The molecule has 4 unspecified atom stereocenters. The van der Waals surface area contributed by atoms with Gasteiger partial charge in [-0.2, -0.15) is 17.6 Å². The van der Waals surface area contributed by atoms with Gasteiger partial charge in [-0.15, -0.1) is 0 Å². The van der Waals surface area contributed by atoms with Crippen molar-refractivity contribution in [1.29, 1.82) is 0 Å². The molecule has 0 N–H and O–H groups in total. The maximum Gasteiger partial charge on any atom is 0.312 e. The fourth-order valence-corrected chi connectivity index (χ4v) is 10.6. The van der Waals surface area contributed by atoms with Crippen LogP contribution in [0.4, 0.5) is 26.3 Å². The zero-order valence-corrected chi connectivity index (χ0v) is 59.9. The van der Waals surface area contributed by atoms with Gasteiger partial charge in [0.2, 0.25) is 0 Å². The standard InChI is InChI=1S/C15H24O2.C14H26O2.C13H24O2.C10H17F3O2.C10H20O2.C9H15F3O2/c1-3-10(2)14(16)17-15-7-11-4-12(8-15)6-13(5-11)9-15;1-5-13(3,4)12(15)16-14(6-2)10-8-7-9-11-14;1-5-12(3,4)11(14)15-13(6-2)9-7-8-10-13;1-5-9(3,4)8(14)15-6-10(12,13)7(2)11;1-7-10(5,6)8(11)12-9(2,3)4;1-4-6(2)8(13)14-5-9(11,12)7(3)10/h10-13H,3-9H2,1-2H3;5-11H2,1-4H3;5-10H2,1-4H3;7H,5-6H2,1-4H3;7H2,1-6H3;6-7H,4-5H2,1-3H3. The summed E-state index contributed by atoms with van der Waals surface area (Å²) in [6.07, 6.45) is 19.6. The highest BCUT2D eigenvalue weighted by molar-refractivity contribution is 5.77. The summed E-state index contributed by atoms with van der Waals surface area (Å²) in [6.45, 7) is 39.0. The summed E-state index contributed by atoms with van der Waals surface area (Å²) in [6, 6.07) is 0. The third kappa shape index (κ3) is 29.1. The minimum Gasteiger partial charge on any atom is -0.460 e. The maximum atomic E-state index is 12.7. The molecule has 0 saturated heterocycles. The number of ether oxygens (including phenoxy) is 6. The highest BCUT2D eigenvalue weighted by Crippen LogP contribution is 2.57. The Morgan fingerprint density at radius 1 is 0.427 bits per heavy atom. The first-order valence-corrected chi connectivity index (χ1v) is 34.0. The van der Waals surface area contributed by atoms with E-state index in [2.05, 4.69) is 30.2 Å². The van der Waals surface area contributed by atoms with Crippen molar-refractivity contribution in [2.45, 2.75) is 354 Å². The molecule has 6 fully saturated rings. The van der Waals surface area contributed by atoms with E-state index < -0.39 is 60.7 Å². The minimum atomic E-state index is -3.61. The predicted octanol–water partition coefficient (Wildman–Crippen LogP) is 19.6. The Hall–Kier alpha value is -3.60. The third-order valence-electron chi connectivity index (χ3n) is 19.6. The summed E-state index contributed by atoms with van der Waals surface area (Å²) in [4.78, 5) is 69.9. The number of carbonyl (C=O) groups excluding carboxylic acids is 6. The Morgan fingerprint density at radius 2 is 0.730 bits per heavy atom. The molecule has 0 aromatic rings. The number of esters is 6. The summed E-state index contributed by atoms with van der Waals surface area (Å²) in [5, 5.41) is 0. The van der Waals surface area contributed by atoms with Crippen LogP contribution < -0.4 is 0 Å². The quantitative estimate of drug-likeness (QED) is 0.0542. The van der Waals surface area contributed by atoms with E-state index in [1.807, 2.05) is 90.0 Å². The minimum absolute atomic E-state index is 0.0150. The lowest BCUT2D eigenvalue weighted by molar-refractivity contribution is -0.190. The molecule has 0 heterocycles. The number of hydrogen-bond donors (Lipinski definition) is 0. The fraction of sp³-hybridized carbons (Fsp3) is 0.915. The van der Waals surface area contributed by atoms with Crippen molar-refractivity contribution in [2.24, 2.45) is 51.2 Å². The first kappa shape index (κ1) is 85.4. The van der Waals surface area contributed by atoms with E-state index in [0.717, 1.165) is 115 Å². The lowest BCUT2D eigenvalue weighted by atomic mass is 9.54. The molecule has 6 aliphatic carbocycles. The van der Waals surface area contributed by atoms with Gasteiger partial charge in [0.05, 0.1) is 33.5 Å². The summed E-state index contributed by atoms with van der Waals surface area (Å²) < 4.78 is 107. The molecule has 4 atom stereocenters. The van der Waals surface area contributed by atoms with Crippen LogP contribution in [0.15, 0.2) is 0 Å². The van der Waals surface area contributed by atoms with E-state index >= 15 is 0 Å². The van der Waals surface area contributed by atoms with Crippen molar-refractivity contribution < 1.29 is 83.5 Å². The number of halogens is 6. The van der Waals surface area contributed by atoms with Gasteiger partial charge in [-0.1, -0.05) is 75.7 Å². The average Bonchev–Trinajstić information content (AvgIpc) is 1.38. The molecule has 18 heteroatoms. The number of rotatable bonds is 23. The summed E-state index contributed by atoms with van der Waals surface area (Å²) in [5.41, 5.74) is -2.53. The van der Waals surface area contributed by atoms with Gasteiger partial charge in [-0.05, 0) is 249 Å². The van der Waals surface area contributed by atoms with Gasteiger partial charge in [0.15, 0.2) is 25.6 Å². The predicted molar refractivity (Wildman–Crippen MR) is 341 cm³/mol. The van der Waals surface area contributed by atoms with Crippen LogP contribution in [-0.4, -0.2) is 95.6 Å². The monoisotopic (exact) mass is 1280 g/mol. The Morgan fingerprint density at radius 3 is 1.03 bits per heavy atom. The van der Waals surface area contributed by atoms with E-state index in [4.69, 9.17) is 18.9 Å². The van der Waals surface area contributed by atoms with Gasteiger partial charge in [-0.25, -0.2) is 8.78 Å². The van der Waals surface area contributed by atoms with Gasteiger partial charge in [0, 0.05) is 0 Å². The van der Waals surface area contributed by atoms with Crippen molar-refractivity contribution in [2.75, 3.05) is 13.2 Å². The number of carbonyl (C=O) groups is 6. The van der Waals surface area contributed by atoms with Gasteiger partial charge in [-0.3, -0.25) is 28.8 Å². The molecule has 6 aliphatic rings. The molecule has 524 valence electrons. The second-order valence-electron chi connectivity index (χ2n) is 30.1. The molecular weight excluding hydrogens is 1160 g/mol. The Labute approximate surface area is 535 Å². The van der Waals surface area contributed by atoms with E-state index in [1.165, 1.54) is 51.4 Å². The first-order valence-electron chi connectivity index (χ1n) is 34.0. The van der Waals surface area contributed by atoms with Crippen LogP contribution >= 0.6 is 0 Å². The molecule has 6 rings (SSSR count). The first-order chi connectivity index (χ1) is 40.6. The molecule has 89 heavy (non-hydrogen) atoms. The molecule has 0 amide bonds. The topological polar surface area (TPSA) is 158 Å². The highest BCUT2D eigenvalue weighted by atomic mass is 19.3. The number of hydrogen-bond acceptors (Lipinski definition) is 12. The second kappa shape index (κ2) is 36.7. The van der Waals surface area contributed by atoms with Gasteiger partial charge < -0.3 is 28.4 Å². The lowest BCUT2D eigenvalue weighted by Crippen LogP contribution is -2.53. The van der Waals surface area contributed by atoms with Crippen LogP contribution in [0.2, 0.25) is 0 Å². The van der Waals surface area contributed by atoms with Crippen LogP contribution in [0.5, 0.6) is 0 Å². The normalized spacial score (nSPS) is 22.4. The maximum absolute atomic E-state index is 12.7. The van der Waals surface area contributed by atoms with Crippen LogP contribution in [0.25, 0.3) is 0 Å². The van der Waals surface area contributed by atoms with Gasteiger partial charge in [0.1, 0.15) is 22.4 Å². The Kier molecular flexibility index (Phi) is 35.3. The van der Waals surface area contributed by atoms with E-state index in [0.29, 0.717) is 12.8 Å². The van der Waals surface area contributed by atoms with Crippen molar-refractivity contribution in [3.63, 3.8) is 0 Å². The van der Waals surface area contributed by atoms with Crippen molar-refractivity contribution in [3.05, 3.63) is 0 Å². The second-order valence-corrected chi connectivity index (χ2v) is 30.1. The molecule has 4 bridgehead atoms. The van der Waals surface area contributed by atoms with E-state index in [1.54, 1.807) is 34.6 Å². The Balaban J connectivity index is 0.00000105. The molecular formula is C71H126F6O12. The molecule has 0 aliphatic heterocycles. The summed E-state index contributed by atoms with van der Waals surface area (Å²) in [7, 11) is 0. The molecule has 0 spiro atoms. The molecule has 6 saturated carbocycles. The zero-order chi connectivity index (χ0) is 69.4. The van der Waals surface area contributed by atoms with Crippen molar-refractivity contribution in [3.8, 4) is 0 Å². The summed E-state index contributed by atoms with van der Waals surface area (Å²) in [5.74, 6) is -6.55. The number of alkyl halides is 6. The van der Waals surface area contributed by atoms with Crippen LogP contribution in [0, 0.1) is 51.2 Å². The van der Waals surface area contributed by atoms with Crippen molar-refractivity contribution in [1.82, 2.24) is 0 Å². The van der Waals surface area contributed by atoms with Crippen molar-refractivity contribution >= 4 is 35.8 Å². The molecule has 0 aromatic heterocycles. The fourth-order valence-electron chi connectivity index (χ4n) is 10.6. The van der Waals surface area contributed by atoms with E-state index in [9.17, 15) is 55.1 Å². The SMILES string of the molecule is CCC(C)(C)C(=O)OC(C)(C)C.CCC(C)(C)C(=O)OCC(F)(F)C(C)F.CCC(C)C(=O)OC12CC3CC(CC(C3)C1)C2.CCC(C)C(=O)OCC(F)(F)C(C)F.CCC1(OC(=O)C(C)(C)CC)CCCC1.CCC1(OC(=O)C(C)(C)CC)CCCCC1. The smallest absolute Gasteiger partial charge is 0.312 e. The molecule has 0 aromatic carbocycles. The van der Waals surface area contributed by atoms with Crippen LogP contribution in [0.1, 0.15) is 307 Å². The lowest BCUT2D eigenvalue weighted by Gasteiger charge is -2.55. The van der Waals surface area contributed by atoms with Gasteiger partial charge in [0.25, 0.3) is 0 Å². The summed E-state index contributed by atoms with van der Waals surface area (Å²) >= 11 is 0. The van der Waals surface area contributed by atoms with Gasteiger partial charge >= 0.3 is 47.7 Å².